The number of carboxylic acids is 1. The second kappa shape index (κ2) is 12.1. The van der Waals surface area contributed by atoms with Gasteiger partial charge in [-0.15, -0.1) is 0 Å². The van der Waals surface area contributed by atoms with Crippen LogP contribution in [0, 0.1) is 0 Å². The van der Waals surface area contributed by atoms with Gasteiger partial charge in [-0.2, -0.15) is 0 Å². The highest BCUT2D eigenvalue weighted by Gasteiger charge is 2.22. The Bertz CT molecular complexity index is 1100. The smallest absolute Gasteiger partial charge is 0.354 e. The highest BCUT2D eigenvalue weighted by molar-refractivity contribution is 7.90. The number of carboxylic acid groups (broad SMARTS) is 1. The molecule has 2 rings (SSSR count). The zero-order valence-electron chi connectivity index (χ0n) is 18.8. The highest BCUT2D eigenvalue weighted by atomic mass is 32.2. The third-order valence-corrected chi connectivity index (χ3v) is 6.34. The molecule has 2 aromatic rings. The van der Waals surface area contributed by atoms with Gasteiger partial charge < -0.3 is 10.4 Å². The summed E-state index contributed by atoms with van der Waals surface area (Å²) in [4.78, 5) is 39.5. The first-order chi connectivity index (χ1) is 15.7. The van der Waals surface area contributed by atoms with Crippen molar-refractivity contribution in [2.45, 2.75) is 57.3 Å². The molecule has 0 aliphatic heterocycles. The van der Waals surface area contributed by atoms with E-state index in [4.69, 9.17) is 0 Å². The maximum atomic E-state index is 12.8. The fourth-order valence-corrected chi connectivity index (χ4v) is 4.19. The van der Waals surface area contributed by atoms with Gasteiger partial charge in [-0.25, -0.2) is 22.9 Å². The van der Waals surface area contributed by atoms with E-state index in [2.05, 4.69) is 17.2 Å². The number of aromatic nitrogens is 1. The van der Waals surface area contributed by atoms with E-state index >= 15 is 0 Å². The van der Waals surface area contributed by atoms with Crippen LogP contribution in [0.4, 0.5) is 0 Å². The fraction of sp³-hybridized carbons (Fsp3) is 0.391. The number of rotatable bonds is 12. The van der Waals surface area contributed by atoms with E-state index < -0.39 is 21.9 Å². The quantitative estimate of drug-likeness (QED) is 0.400. The maximum Gasteiger partial charge on any atom is 0.354 e. The number of aryl methyl sites for hydroxylation is 1. The average molecular weight is 476 g/mol. The van der Waals surface area contributed by atoms with Crippen LogP contribution in [0.2, 0.25) is 0 Å². The molecule has 0 saturated heterocycles. The van der Waals surface area contributed by atoms with Gasteiger partial charge in [0.2, 0.25) is 0 Å². The second-order valence-electron chi connectivity index (χ2n) is 7.51. The van der Waals surface area contributed by atoms with Crippen molar-refractivity contribution in [1.82, 2.24) is 15.0 Å². The van der Waals surface area contributed by atoms with Crippen molar-refractivity contribution in [1.29, 1.82) is 0 Å². The van der Waals surface area contributed by atoms with Gasteiger partial charge in [0.05, 0.1) is 10.5 Å². The van der Waals surface area contributed by atoms with Crippen LogP contribution in [0.25, 0.3) is 0 Å². The molecule has 0 radical (unpaired) electrons. The molecule has 9 nitrogen and oxygen atoms in total. The molecular formula is C23H29N3O6S. The normalized spacial score (nSPS) is 11.1. The lowest BCUT2D eigenvalue weighted by atomic mass is 10.0. The lowest BCUT2D eigenvalue weighted by Gasteiger charge is -2.12. The molecule has 0 spiro atoms. The number of unbranched alkanes of at least 4 members (excludes halogenated alkanes) is 4. The minimum Gasteiger partial charge on any atom is -0.477 e. The van der Waals surface area contributed by atoms with Crippen molar-refractivity contribution in [2.75, 3.05) is 6.54 Å². The average Bonchev–Trinajstić information content (AvgIpc) is 2.78. The Hall–Kier alpha value is -3.27. The Kier molecular flexibility index (Phi) is 9.53. The predicted molar refractivity (Wildman–Crippen MR) is 123 cm³/mol. The van der Waals surface area contributed by atoms with E-state index in [-0.39, 0.29) is 22.1 Å². The molecule has 0 aliphatic carbocycles. The number of nitrogens with one attached hydrogen (secondary N) is 2. The van der Waals surface area contributed by atoms with Crippen LogP contribution in [0.15, 0.2) is 41.4 Å². The van der Waals surface area contributed by atoms with Crippen LogP contribution >= 0.6 is 0 Å². The molecule has 33 heavy (non-hydrogen) atoms. The van der Waals surface area contributed by atoms with Gasteiger partial charge in [-0.05, 0) is 55.7 Å². The van der Waals surface area contributed by atoms with Crippen LogP contribution < -0.4 is 10.0 Å². The summed E-state index contributed by atoms with van der Waals surface area (Å²) in [5.74, 6) is -2.46. The molecule has 0 bridgehead atoms. The van der Waals surface area contributed by atoms with E-state index in [0.29, 0.717) is 24.1 Å². The van der Waals surface area contributed by atoms with Crippen LogP contribution in [-0.4, -0.2) is 42.8 Å². The molecule has 3 N–H and O–H groups in total. The van der Waals surface area contributed by atoms with E-state index in [1.807, 2.05) is 4.72 Å². The third-order valence-electron chi connectivity index (χ3n) is 4.99. The van der Waals surface area contributed by atoms with Crippen molar-refractivity contribution in [3.05, 3.63) is 58.9 Å². The Labute approximate surface area is 193 Å². The van der Waals surface area contributed by atoms with Gasteiger partial charge in [0.15, 0.2) is 0 Å². The van der Waals surface area contributed by atoms with Gasteiger partial charge >= 0.3 is 5.97 Å². The predicted octanol–water partition coefficient (Wildman–Crippen LogP) is 3.16. The number of nitrogens with zero attached hydrogens (tertiary/aromatic N) is 1. The molecule has 0 saturated carbocycles. The number of benzene rings is 1. The Morgan fingerprint density at radius 2 is 1.64 bits per heavy atom. The number of hydrogen-bond acceptors (Lipinski definition) is 6. The summed E-state index contributed by atoms with van der Waals surface area (Å²) in [7, 11) is -4.21. The minimum atomic E-state index is -4.21. The van der Waals surface area contributed by atoms with Crippen molar-refractivity contribution < 1.29 is 27.9 Å². The summed E-state index contributed by atoms with van der Waals surface area (Å²) in [6.45, 7) is 4.30. The molecule has 2 amide bonds. The Balaban J connectivity index is 2.21. The number of pyridine rings is 1. The Morgan fingerprint density at radius 1 is 0.970 bits per heavy atom. The summed E-state index contributed by atoms with van der Waals surface area (Å²) >= 11 is 0. The second-order valence-corrected chi connectivity index (χ2v) is 9.20. The van der Waals surface area contributed by atoms with Crippen molar-refractivity contribution in [2.24, 2.45) is 0 Å². The van der Waals surface area contributed by atoms with E-state index in [1.165, 1.54) is 30.3 Å². The van der Waals surface area contributed by atoms with E-state index in [0.717, 1.165) is 38.3 Å². The van der Waals surface area contributed by atoms with Crippen LogP contribution in [0.5, 0.6) is 0 Å². The first-order valence-electron chi connectivity index (χ1n) is 10.9. The maximum absolute atomic E-state index is 12.8. The van der Waals surface area contributed by atoms with Gasteiger partial charge in [-0.1, -0.05) is 32.6 Å². The molecule has 0 atom stereocenters. The summed E-state index contributed by atoms with van der Waals surface area (Å²) in [5.41, 5.74) is 0.524. The molecule has 1 aromatic heterocycles. The number of carbonyl (C=O) groups is 3. The number of carbonyl (C=O) groups excluding carboxylic acids is 2. The molecule has 10 heteroatoms. The van der Waals surface area contributed by atoms with Gasteiger partial charge in [0.1, 0.15) is 5.69 Å². The lowest BCUT2D eigenvalue weighted by Crippen LogP contribution is -2.31. The molecule has 0 unspecified atom stereocenters. The SMILES string of the molecule is CCCCCCCc1cc(C(=O)O)ncc1C(=O)NS(=O)(=O)c1ccc(C(=O)NCC)cc1. The molecule has 178 valence electrons. The topological polar surface area (TPSA) is 143 Å². The van der Waals surface area contributed by atoms with Crippen LogP contribution in [-0.2, 0) is 16.4 Å². The first-order valence-corrected chi connectivity index (χ1v) is 12.4. The third kappa shape index (κ3) is 7.38. The van der Waals surface area contributed by atoms with Gasteiger partial charge in [-0.3, -0.25) is 9.59 Å². The van der Waals surface area contributed by atoms with E-state index in [9.17, 15) is 27.9 Å². The number of sulfonamides is 1. The Morgan fingerprint density at radius 3 is 2.24 bits per heavy atom. The number of hydrogen-bond donors (Lipinski definition) is 3. The fourth-order valence-electron chi connectivity index (χ4n) is 3.23. The standard InChI is InChI=1S/C23H29N3O6S/c1-3-5-6-7-8-9-17-14-20(23(29)30)25-15-19(17)22(28)26-33(31,32)18-12-10-16(11-13-18)21(27)24-4-2/h10-15H,3-9H2,1-2H3,(H,24,27)(H,26,28)(H,29,30). The summed E-state index contributed by atoms with van der Waals surface area (Å²) in [5, 5.41) is 11.8. The molecule has 0 aliphatic rings. The largest absolute Gasteiger partial charge is 0.477 e. The summed E-state index contributed by atoms with van der Waals surface area (Å²) in [6, 6.07) is 6.50. The monoisotopic (exact) mass is 475 g/mol. The molecule has 1 aromatic carbocycles. The first kappa shape index (κ1) is 26.0. The van der Waals surface area contributed by atoms with Gasteiger partial charge in [0, 0.05) is 18.3 Å². The molecule has 1 heterocycles. The zero-order valence-corrected chi connectivity index (χ0v) is 19.6. The lowest BCUT2D eigenvalue weighted by molar-refractivity contribution is 0.0689. The van der Waals surface area contributed by atoms with Crippen LogP contribution in [0.1, 0.15) is 82.7 Å². The highest BCUT2D eigenvalue weighted by Crippen LogP contribution is 2.17. The number of amides is 2. The number of aromatic carboxylic acids is 1. The molecule has 0 fully saturated rings. The summed E-state index contributed by atoms with van der Waals surface area (Å²) < 4.78 is 27.4. The van der Waals surface area contributed by atoms with Gasteiger partial charge in [0.25, 0.3) is 21.8 Å². The van der Waals surface area contributed by atoms with Crippen LogP contribution in [0.3, 0.4) is 0 Å². The van der Waals surface area contributed by atoms with E-state index in [1.54, 1.807) is 6.92 Å². The van der Waals surface area contributed by atoms with Crippen molar-refractivity contribution in [3.63, 3.8) is 0 Å². The minimum absolute atomic E-state index is 0.0120. The van der Waals surface area contributed by atoms with Crippen molar-refractivity contribution >= 4 is 27.8 Å². The molecular weight excluding hydrogens is 446 g/mol. The van der Waals surface area contributed by atoms with Crippen molar-refractivity contribution in [3.8, 4) is 0 Å². The zero-order chi connectivity index (χ0) is 24.4. The summed E-state index contributed by atoms with van der Waals surface area (Å²) in [6.07, 6.45) is 6.35.